The third-order valence-electron chi connectivity index (χ3n) is 7.06. The van der Waals surface area contributed by atoms with Gasteiger partial charge in [0.1, 0.15) is 0 Å². The van der Waals surface area contributed by atoms with Crippen LogP contribution in [0.25, 0.3) is 54.2 Å². The molecule has 0 aliphatic heterocycles. The largest absolute Gasteiger partial charge is 0.270 e. The van der Waals surface area contributed by atoms with Crippen LogP contribution in [0.3, 0.4) is 0 Å². The van der Waals surface area contributed by atoms with Crippen molar-refractivity contribution < 1.29 is 0 Å². The summed E-state index contributed by atoms with van der Waals surface area (Å²) in [6.07, 6.45) is 0. The average molecular weight is 469 g/mol. The number of nitriles is 2. The number of fused-ring (bicyclic) bond motifs is 6. The van der Waals surface area contributed by atoms with Crippen LogP contribution in [0.1, 0.15) is 27.8 Å². The lowest BCUT2D eigenvalue weighted by Gasteiger charge is -2.09. The molecule has 0 bridgehead atoms. The molecule has 4 aromatic carbocycles. The van der Waals surface area contributed by atoms with Crippen molar-refractivity contribution in [3.63, 3.8) is 0 Å². The first-order valence-electron chi connectivity index (χ1n) is 11.6. The third kappa shape index (κ3) is 3.12. The normalized spacial score (nSPS) is 14.6. The molecule has 37 heavy (non-hydrogen) atoms. The van der Waals surface area contributed by atoms with Crippen LogP contribution in [0.4, 0.5) is 0 Å². The number of allylic oxidation sites excluding steroid dienone is 2. The summed E-state index contributed by atoms with van der Waals surface area (Å²) >= 11 is 0. The lowest BCUT2D eigenvalue weighted by Crippen LogP contribution is -1.89. The Morgan fingerprint density at radius 1 is 0.568 bits per heavy atom. The number of nitrogens with zero attached hydrogens (tertiary/aromatic N) is 4. The first kappa shape index (κ1) is 21.8. The van der Waals surface area contributed by atoms with Gasteiger partial charge in [0.2, 0.25) is 0 Å². The van der Waals surface area contributed by atoms with E-state index >= 15 is 0 Å². The molecule has 0 aromatic heterocycles. The Labute approximate surface area is 214 Å². The molecule has 0 N–H and O–H groups in total. The van der Waals surface area contributed by atoms with Crippen molar-refractivity contribution in [2.45, 2.75) is 6.92 Å². The Hall–Kier alpha value is -5.68. The number of hydrogen-bond donors (Lipinski definition) is 0. The molecule has 0 heterocycles. The van der Waals surface area contributed by atoms with Crippen molar-refractivity contribution >= 4 is 11.1 Å². The van der Waals surface area contributed by atoms with Gasteiger partial charge in [-0.15, -0.1) is 0 Å². The Balaban J connectivity index is 1.67. The van der Waals surface area contributed by atoms with Gasteiger partial charge in [0, 0.05) is 11.1 Å². The minimum Gasteiger partial charge on any atom is -0.226 e. The number of benzene rings is 4. The van der Waals surface area contributed by atoms with Crippen molar-refractivity contribution in [2.24, 2.45) is 0 Å². The van der Waals surface area contributed by atoms with Gasteiger partial charge in [-0.3, -0.25) is 0 Å². The van der Waals surface area contributed by atoms with E-state index in [1.54, 1.807) is 0 Å². The van der Waals surface area contributed by atoms with Crippen LogP contribution in [0.5, 0.6) is 0 Å². The Morgan fingerprint density at radius 2 is 1.05 bits per heavy atom. The molecule has 2 aliphatic rings. The van der Waals surface area contributed by atoms with Gasteiger partial charge in [-0.1, -0.05) is 66.2 Å². The van der Waals surface area contributed by atoms with Crippen molar-refractivity contribution in [3.05, 3.63) is 141 Å². The summed E-state index contributed by atoms with van der Waals surface area (Å²) in [4.78, 5) is 7.11. The van der Waals surface area contributed by atoms with Crippen LogP contribution in [-0.4, -0.2) is 0 Å². The second-order valence-electron chi connectivity index (χ2n) is 9.01. The van der Waals surface area contributed by atoms with Crippen LogP contribution >= 0.6 is 0 Å². The Kier molecular flexibility index (Phi) is 4.85. The van der Waals surface area contributed by atoms with Crippen LogP contribution in [0.15, 0.2) is 90.3 Å². The minimum atomic E-state index is 0.0434. The first-order valence-corrected chi connectivity index (χ1v) is 11.6. The zero-order valence-electron chi connectivity index (χ0n) is 19.8. The molecule has 0 unspecified atom stereocenters. The molecule has 0 radical (unpaired) electrons. The van der Waals surface area contributed by atoms with E-state index in [1.807, 2.05) is 55.5 Å². The second-order valence-corrected chi connectivity index (χ2v) is 9.01. The molecule has 0 amide bonds. The van der Waals surface area contributed by atoms with E-state index < -0.39 is 0 Å². The number of hydrogen-bond acceptors (Lipinski definition) is 2. The van der Waals surface area contributed by atoms with Crippen molar-refractivity contribution in [2.75, 3.05) is 0 Å². The molecular weight excluding hydrogens is 452 g/mol. The lowest BCUT2D eigenvalue weighted by molar-refractivity contribution is 1.47. The zero-order valence-corrected chi connectivity index (χ0v) is 19.8. The highest BCUT2D eigenvalue weighted by molar-refractivity contribution is 6.10. The summed E-state index contributed by atoms with van der Waals surface area (Å²) in [6, 6.07) is 30.3. The van der Waals surface area contributed by atoms with Crippen LogP contribution < -0.4 is 0 Å². The van der Waals surface area contributed by atoms with Gasteiger partial charge < -0.3 is 0 Å². The van der Waals surface area contributed by atoms with E-state index in [0.29, 0.717) is 11.1 Å². The predicted molar refractivity (Wildman–Crippen MR) is 144 cm³/mol. The molecule has 4 nitrogen and oxygen atoms in total. The Bertz CT molecular complexity index is 1880. The van der Waals surface area contributed by atoms with Gasteiger partial charge in [-0.25, -0.2) is 20.2 Å². The fourth-order valence-electron chi connectivity index (χ4n) is 5.38. The molecular formula is C33H16N4. The molecule has 0 atom stereocenters. The molecule has 0 saturated carbocycles. The van der Waals surface area contributed by atoms with Gasteiger partial charge in [-0.05, 0) is 80.8 Å². The van der Waals surface area contributed by atoms with Crippen LogP contribution in [-0.2, 0) is 0 Å². The molecule has 2 aliphatic carbocycles. The number of aryl methyl sites for hydroxylation is 1. The topological polar surface area (TPSA) is 56.3 Å². The summed E-state index contributed by atoms with van der Waals surface area (Å²) in [5.74, 6) is 0. The monoisotopic (exact) mass is 468 g/mol. The van der Waals surface area contributed by atoms with E-state index in [2.05, 4.69) is 52.2 Å². The smallest absolute Gasteiger partial charge is 0.226 e. The standard InChI is InChI=1S/C33H16N4/c1-19-8-10-20(11-9-19)21-12-13-23-26-16-28-25(15-29(26)33(27(23)14-21)31(18-35)37-3)22-6-4-5-7-24(22)32(28)30(17-34)36-2/h4-16H,1H3/b32-30-,33-31+. The average Bonchev–Trinajstić information content (AvgIpc) is 3.42. The van der Waals surface area contributed by atoms with Gasteiger partial charge in [-0.2, -0.15) is 0 Å². The van der Waals surface area contributed by atoms with E-state index in [4.69, 9.17) is 13.1 Å². The number of rotatable bonds is 1. The quantitative estimate of drug-likeness (QED) is 0.181. The first-order chi connectivity index (χ1) is 18.1. The highest BCUT2D eigenvalue weighted by atomic mass is 14.7. The van der Waals surface area contributed by atoms with E-state index in [0.717, 1.165) is 55.6 Å². The molecule has 6 rings (SSSR count). The van der Waals surface area contributed by atoms with E-state index in [1.165, 1.54) is 5.56 Å². The minimum absolute atomic E-state index is 0.0434. The fraction of sp³-hybridized carbons (Fsp3) is 0.0303. The van der Waals surface area contributed by atoms with Crippen molar-refractivity contribution in [1.82, 2.24) is 0 Å². The summed E-state index contributed by atoms with van der Waals surface area (Å²) in [6.45, 7) is 17.4. The maximum atomic E-state index is 9.89. The second kappa shape index (κ2) is 8.22. The van der Waals surface area contributed by atoms with Crippen molar-refractivity contribution in [3.8, 4) is 45.5 Å². The van der Waals surface area contributed by atoms with Gasteiger partial charge in [0.15, 0.2) is 0 Å². The predicted octanol–water partition coefficient (Wildman–Crippen LogP) is 8.03. The van der Waals surface area contributed by atoms with Crippen LogP contribution in [0, 0.1) is 42.7 Å². The van der Waals surface area contributed by atoms with Gasteiger partial charge >= 0.3 is 0 Å². The van der Waals surface area contributed by atoms with Crippen molar-refractivity contribution in [1.29, 1.82) is 10.5 Å². The van der Waals surface area contributed by atoms with E-state index in [-0.39, 0.29) is 11.4 Å². The maximum Gasteiger partial charge on any atom is 0.270 e. The van der Waals surface area contributed by atoms with Crippen LogP contribution in [0.2, 0.25) is 0 Å². The zero-order chi connectivity index (χ0) is 25.7. The summed E-state index contributed by atoms with van der Waals surface area (Å²) < 4.78 is 0. The highest BCUT2D eigenvalue weighted by Gasteiger charge is 2.33. The molecule has 0 saturated heterocycles. The highest BCUT2D eigenvalue weighted by Crippen LogP contribution is 2.53. The maximum absolute atomic E-state index is 9.89. The van der Waals surface area contributed by atoms with E-state index in [9.17, 15) is 10.5 Å². The molecule has 0 spiro atoms. The SMILES string of the molecule is [C-]#[N+]/C(C#N)=C1/c2ccccc2-c2cc3c(cc21)-c1ccc(-c2ccc(C)cc2)cc1/C3=C(/C#N)[N+]#[C-]. The molecule has 4 heteroatoms. The molecule has 4 aromatic rings. The van der Waals surface area contributed by atoms with Gasteiger partial charge in [0.05, 0.1) is 25.3 Å². The fourth-order valence-corrected chi connectivity index (χ4v) is 5.38. The lowest BCUT2D eigenvalue weighted by atomic mass is 9.95. The molecule has 0 fully saturated rings. The Morgan fingerprint density at radius 3 is 1.62 bits per heavy atom. The van der Waals surface area contributed by atoms with Gasteiger partial charge in [0.25, 0.3) is 11.4 Å². The third-order valence-corrected chi connectivity index (χ3v) is 7.06. The summed E-state index contributed by atoms with van der Waals surface area (Å²) in [5, 5.41) is 19.6. The summed E-state index contributed by atoms with van der Waals surface area (Å²) in [7, 11) is 0. The molecule has 168 valence electrons. The summed E-state index contributed by atoms with van der Waals surface area (Å²) in [5.41, 5.74) is 11.6.